The van der Waals surface area contributed by atoms with E-state index in [0.29, 0.717) is 18.8 Å². The Balaban J connectivity index is 2.22. The zero-order valence-electron chi connectivity index (χ0n) is 14.1. The summed E-state index contributed by atoms with van der Waals surface area (Å²) in [6.07, 6.45) is 1.76. The second kappa shape index (κ2) is 7.51. The fraction of sp³-hybridized carbons (Fsp3) is 0.556. The number of hydrogen-bond donors (Lipinski definition) is 1. The molecule has 2 rings (SSSR count). The molecular formula is C18H23ClFNO3. The predicted molar refractivity (Wildman–Crippen MR) is 90.1 cm³/mol. The van der Waals surface area contributed by atoms with E-state index in [1.54, 1.807) is 6.07 Å². The van der Waals surface area contributed by atoms with Crippen molar-refractivity contribution < 1.29 is 18.7 Å². The number of ether oxygens (including phenoxy) is 1. The summed E-state index contributed by atoms with van der Waals surface area (Å²) in [5, 5.41) is 1.54. The first-order valence-electron chi connectivity index (χ1n) is 8.09. The molecule has 0 aromatic heterocycles. The Labute approximate surface area is 146 Å². The van der Waals surface area contributed by atoms with Crippen molar-refractivity contribution >= 4 is 23.5 Å². The topological polar surface area (TPSA) is 55.4 Å². The van der Waals surface area contributed by atoms with E-state index < -0.39 is 28.6 Å². The van der Waals surface area contributed by atoms with E-state index in [9.17, 15) is 14.0 Å². The second-order valence-corrected chi connectivity index (χ2v) is 7.08. The van der Waals surface area contributed by atoms with E-state index in [0.717, 1.165) is 6.42 Å². The van der Waals surface area contributed by atoms with Gasteiger partial charge in [-0.1, -0.05) is 32.0 Å². The average molecular weight is 356 g/mol. The highest BCUT2D eigenvalue weighted by Gasteiger charge is 2.46. The van der Waals surface area contributed by atoms with Crippen molar-refractivity contribution in [3.63, 3.8) is 0 Å². The first-order chi connectivity index (χ1) is 11.3. The van der Waals surface area contributed by atoms with Gasteiger partial charge in [-0.15, -0.1) is 11.6 Å². The summed E-state index contributed by atoms with van der Waals surface area (Å²) < 4.78 is 18.8. The minimum absolute atomic E-state index is 0.0916. The molecule has 0 aliphatic heterocycles. The SMILES string of the molecule is COC(=O)C1(NC(=O)C(Cl)c2ccccc2F)CCC(C)C(C)C1. The molecule has 0 radical (unpaired) electrons. The number of amides is 1. The zero-order valence-corrected chi connectivity index (χ0v) is 14.9. The van der Waals surface area contributed by atoms with Crippen LogP contribution in [0.4, 0.5) is 4.39 Å². The van der Waals surface area contributed by atoms with Gasteiger partial charge in [0.1, 0.15) is 16.7 Å². The summed E-state index contributed by atoms with van der Waals surface area (Å²) in [5.74, 6) is -0.912. The highest BCUT2D eigenvalue weighted by Crippen LogP contribution is 2.38. The van der Waals surface area contributed by atoms with Gasteiger partial charge in [0.25, 0.3) is 0 Å². The van der Waals surface area contributed by atoms with E-state index in [1.807, 2.05) is 6.92 Å². The number of nitrogens with one attached hydrogen (secondary N) is 1. The van der Waals surface area contributed by atoms with Crippen LogP contribution in [0.1, 0.15) is 44.1 Å². The second-order valence-electron chi connectivity index (χ2n) is 6.64. The van der Waals surface area contributed by atoms with Crippen molar-refractivity contribution in [2.75, 3.05) is 7.11 Å². The Morgan fingerprint density at radius 2 is 2.00 bits per heavy atom. The molecule has 4 nitrogen and oxygen atoms in total. The third-order valence-corrected chi connectivity index (χ3v) is 5.45. The first kappa shape index (κ1) is 18.7. The zero-order chi connectivity index (χ0) is 17.9. The van der Waals surface area contributed by atoms with Crippen molar-refractivity contribution in [2.45, 2.75) is 44.0 Å². The van der Waals surface area contributed by atoms with Crippen LogP contribution in [-0.2, 0) is 14.3 Å². The van der Waals surface area contributed by atoms with Gasteiger partial charge >= 0.3 is 5.97 Å². The van der Waals surface area contributed by atoms with E-state index >= 15 is 0 Å². The molecule has 4 atom stereocenters. The number of rotatable bonds is 4. The van der Waals surface area contributed by atoms with Crippen molar-refractivity contribution in [3.8, 4) is 0 Å². The number of carbonyl (C=O) groups excluding carboxylic acids is 2. The predicted octanol–water partition coefficient (Wildman–Crippen LogP) is 3.59. The monoisotopic (exact) mass is 355 g/mol. The lowest BCUT2D eigenvalue weighted by Gasteiger charge is -2.41. The van der Waals surface area contributed by atoms with Crippen molar-refractivity contribution in [2.24, 2.45) is 11.8 Å². The Hall–Kier alpha value is -1.62. The van der Waals surface area contributed by atoms with Crippen LogP contribution in [0.3, 0.4) is 0 Å². The minimum Gasteiger partial charge on any atom is -0.467 e. The summed E-state index contributed by atoms with van der Waals surface area (Å²) in [5.41, 5.74) is -1.01. The molecule has 0 heterocycles. The largest absolute Gasteiger partial charge is 0.467 e. The Morgan fingerprint density at radius 3 is 2.58 bits per heavy atom. The molecule has 1 aliphatic rings. The van der Waals surface area contributed by atoms with Crippen LogP contribution in [0.15, 0.2) is 24.3 Å². The molecule has 1 saturated carbocycles. The lowest BCUT2D eigenvalue weighted by atomic mass is 9.71. The Kier molecular flexibility index (Phi) is 5.86. The molecule has 0 spiro atoms. The first-order valence-corrected chi connectivity index (χ1v) is 8.53. The number of carbonyl (C=O) groups is 2. The van der Waals surface area contributed by atoms with Gasteiger partial charge in [-0.2, -0.15) is 0 Å². The van der Waals surface area contributed by atoms with Crippen LogP contribution >= 0.6 is 11.6 Å². The van der Waals surface area contributed by atoms with E-state index in [1.165, 1.54) is 25.3 Å². The highest BCUT2D eigenvalue weighted by molar-refractivity contribution is 6.31. The van der Waals surface area contributed by atoms with Gasteiger partial charge in [0.2, 0.25) is 5.91 Å². The average Bonchev–Trinajstić information content (AvgIpc) is 2.57. The quantitative estimate of drug-likeness (QED) is 0.663. The number of hydrogen-bond acceptors (Lipinski definition) is 3. The molecule has 132 valence electrons. The summed E-state index contributed by atoms with van der Waals surface area (Å²) in [4.78, 5) is 24.9. The van der Waals surface area contributed by atoms with Gasteiger partial charge in [0, 0.05) is 5.56 Å². The maximum Gasteiger partial charge on any atom is 0.331 e. The third-order valence-electron chi connectivity index (χ3n) is 5.02. The molecule has 1 aliphatic carbocycles. The lowest BCUT2D eigenvalue weighted by molar-refractivity contribution is -0.154. The van der Waals surface area contributed by atoms with E-state index in [-0.39, 0.29) is 11.5 Å². The summed E-state index contributed by atoms with van der Waals surface area (Å²) >= 11 is 6.15. The molecule has 0 bridgehead atoms. The van der Waals surface area contributed by atoms with Crippen LogP contribution in [0.5, 0.6) is 0 Å². The van der Waals surface area contributed by atoms with Gasteiger partial charge < -0.3 is 10.1 Å². The molecular weight excluding hydrogens is 333 g/mol. The third kappa shape index (κ3) is 3.72. The Bertz CT molecular complexity index is 624. The fourth-order valence-electron chi connectivity index (χ4n) is 3.28. The molecule has 1 N–H and O–H groups in total. The molecule has 0 saturated heterocycles. The number of alkyl halides is 1. The summed E-state index contributed by atoms with van der Waals surface area (Å²) in [6.45, 7) is 4.17. The van der Waals surface area contributed by atoms with Gasteiger partial charge in [-0.25, -0.2) is 9.18 Å². The number of halogens is 2. The molecule has 1 amide bonds. The van der Waals surface area contributed by atoms with Gasteiger partial charge in [0.05, 0.1) is 7.11 Å². The maximum absolute atomic E-state index is 13.9. The molecule has 1 aromatic carbocycles. The maximum atomic E-state index is 13.9. The normalized spacial score (nSPS) is 28.0. The van der Waals surface area contributed by atoms with Crippen LogP contribution in [0.2, 0.25) is 0 Å². The van der Waals surface area contributed by atoms with Crippen molar-refractivity contribution in [1.29, 1.82) is 0 Å². The van der Waals surface area contributed by atoms with Crippen LogP contribution in [0, 0.1) is 17.7 Å². The van der Waals surface area contributed by atoms with Gasteiger partial charge in [-0.3, -0.25) is 4.79 Å². The van der Waals surface area contributed by atoms with Crippen LogP contribution in [-0.4, -0.2) is 24.5 Å². The van der Waals surface area contributed by atoms with E-state index in [2.05, 4.69) is 12.2 Å². The molecule has 1 fully saturated rings. The van der Waals surface area contributed by atoms with Gasteiger partial charge in [0.15, 0.2) is 0 Å². The standard InChI is InChI=1S/C18H23ClFNO3/c1-11-8-9-18(10-12(11)2,17(23)24-3)21-16(22)15(19)13-6-4-5-7-14(13)20/h4-7,11-12,15H,8-10H2,1-3H3,(H,21,22). The molecule has 1 aromatic rings. The lowest BCUT2D eigenvalue weighted by Crippen LogP contribution is -2.58. The fourth-order valence-corrected chi connectivity index (χ4v) is 3.51. The highest BCUT2D eigenvalue weighted by atomic mass is 35.5. The molecule has 6 heteroatoms. The molecule has 24 heavy (non-hydrogen) atoms. The summed E-state index contributed by atoms with van der Waals surface area (Å²) in [7, 11) is 1.30. The summed E-state index contributed by atoms with van der Waals surface area (Å²) in [6, 6.07) is 5.85. The van der Waals surface area contributed by atoms with Crippen LogP contribution < -0.4 is 5.32 Å². The minimum atomic E-state index is -1.21. The number of methoxy groups -OCH3 is 1. The van der Waals surface area contributed by atoms with E-state index in [4.69, 9.17) is 16.3 Å². The van der Waals surface area contributed by atoms with Crippen LogP contribution in [0.25, 0.3) is 0 Å². The number of benzene rings is 1. The van der Waals surface area contributed by atoms with Gasteiger partial charge in [-0.05, 0) is 37.2 Å². The van der Waals surface area contributed by atoms with Crippen molar-refractivity contribution in [3.05, 3.63) is 35.6 Å². The Morgan fingerprint density at radius 1 is 1.33 bits per heavy atom. The molecule has 4 unspecified atom stereocenters. The van der Waals surface area contributed by atoms with Crippen molar-refractivity contribution in [1.82, 2.24) is 5.32 Å². The smallest absolute Gasteiger partial charge is 0.331 e. The number of esters is 1.